The van der Waals surface area contributed by atoms with Gasteiger partial charge in [0.05, 0.1) is 0 Å². The Bertz CT molecular complexity index is 513. The van der Waals surface area contributed by atoms with E-state index in [9.17, 15) is 0 Å². The third kappa shape index (κ3) is 7.92. The SMILES string of the molecule is CC.CCCCCCCCSCCc1cccc2ccccc12. The summed E-state index contributed by atoms with van der Waals surface area (Å²) in [6.45, 7) is 6.28. The molecule has 0 aliphatic rings. The molecule has 0 nitrogen and oxygen atoms in total. The molecule has 0 aromatic heterocycles. The van der Waals surface area contributed by atoms with Crippen molar-refractivity contribution in [3.8, 4) is 0 Å². The largest absolute Gasteiger partial charge is 0.162 e. The Morgan fingerprint density at radius 1 is 0.739 bits per heavy atom. The molecule has 0 N–H and O–H groups in total. The highest BCUT2D eigenvalue weighted by molar-refractivity contribution is 7.99. The van der Waals surface area contributed by atoms with Gasteiger partial charge < -0.3 is 0 Å². The molecule has 0 radical (unpaired) electrons. The molecule has 2 aromatic carbocycles. The standard InChI is InChI=1S/C20H28S.C2H6/c1-2-3-4-5-6-9-16-21-17-15-19-13-10-12-18-11-7-8-14-20(18)19;1-2/h7-8,10-14H,2-6,9,15-17H2,1H3;1-2H3. The van der Waals surface area contributed by atoms with Gasteiger partial charge in [-0.3, -0.25) is 0 Å². The van der Waals surface area contributed by atoms with Gasteiger partial charge in [0.2, 0.25) is 0 Å². The maximum atomic E-state index is 2.29. The molecule has 0 atom stereocenters. The van der Waals surface area contributed by atoms with Crippen LogP contribution in [-0.4, -0.2) is 11.5 Å². The predicted molar refractivity (Wildman–Crippen MR) is 110 cm³/mol. The summed E-state index contributed by atoms with van der Waals surface area (Å²) < 4.78 is 0. The fourth-order valence-electron chi connectivity index (χ4n) is 2.78. The summed E-state index contributed by atoms with van der Waals surface area (Å²) in [7, 11) is 0. The van der Waals surface area contributed by atoms with Crippen molar-refractivity contribution < 1.29 is 0 Å². The zero-order chi connectivity index (χ0) is 16.8. The lowest BCUT2D eigenvalue weighted by atomic mass is 10.0. The minimum absolute atomic E-state index is 1.20. The number of hydrogen-bond acceptors (Lipinski definition) is 1. The van der Waals surface area contributed by atoms with Gasteiger partial charge in [-0.15, -0.1) is 0 Å². The van der Waals surface area contributed by atoms with Crippen molar-refractivity contribution in [2.75, 3.05) is 11.5 Å². The number of benzene rings is 2. The second kappa shape index (κ2) is 13.5. The van der Waals surface area contributed by atoms with Crippen LogP contribution >= 0.6 is 11.8 Å². The van der Waals surface area contributed by atoms with E-state index in [-0.39, 0.29) is 0 Å². The third-order valence-electron chi connectivity index (χ3n) is 4.04. The van der Waals surface area contributed by atoms with E-state index >= 15 is 0 Å². The quantitative estimate of drug-likeness (QED) is 0.406. The smallest absolute Gasteiger partial charge is 0.00268 e. The monoisotopic (exact) mass is 330 g/mol. The highest BCUT2D eigenvalue weighted by atomic mass is 32.2. The van der Waals surface area contributed by atoms with Crippen molar-refractivity contribution in [3.05, 3.63) is 48.0 Å². The third-order valence-corrected chi connectivity index (χ3v) is 5.11. The molecule has 0 bridgehead atoms. The van der Waals surface area contributed by atoms with Crippen LogP contribution in [0.2, 0.25) is 0 Å². The molecular weight excluding hydrogens is 296 g/mol. The van der Waals surface area contributed by atoms with Crippen LogP contribution in [0.5, 0.6) is 0 Å². The number of unbranched alkanes of at least 4 members (excludes halogenated alkanes) is 5. The molecule has 128 valence electrons. The second-order valence-electron chi connectivity index (χ2n) is 5.77. The van der Waals surface area contributed by atoms with E-state index in [4.69, 9.17) is 0 Å². The number of thioether (sulfide) groups is 1. The lowest BCUT2D eigenvalue weighted by Gasteiger charge is -2.06. The Kier molecular flexibility index (Phi) is 11.8. The molecule has 0 saturated carbocycles. The minimum Gasteiger partial charge on any atom is -0.162 e. The molecule has 2 rings (SSSR count). The van der Waals surface area contributed by atoms with Gasteiger partial charge in [0, 0.05) is 0 Å². The lowest BCUT2D eigenvalue weighted by Crippen LogP contribution is -1.92. The molecule has 0 heterocycles. The second-order valence-corrected chi connectivity index (χ2v) is 6.99. The number of aryl methyl sites for hydroxylation is 1. The number of hydrogen-bond donors (Lipinski definition) is 0. The molecule has 0 spiro atoms. The molecule has 0 unspecified atom stereocenters. The number of fused-ring (bicyclic) bond motifs is 1. The first-order valence-electron chi connectivity index (χ1n) is 9.46. The van der Waals surface area contributed by atoms with Crippen LogP contribution < -0.4 is 0 Å². The van der Waals surface area contributed by atoms with Crippen LogP contribution in [0, 0.1) is 0 Å². The molecule has 0 amide bonds. The van der Waals surface area contributed by atoms with Gasteiger partial charge in [0.15, 0.2) is 0 Å². The summed E-state index contributed by atoms with van der Waals surface area (Å²) >= 11 is 2.12. The van der Waals surface area contributed by atoms with Crippen LogP contribution in [-0.2, 0) is 6.42 Å². The first-order valence-corrected chi connectivity index (χ1v) is 10.6. The van der Waals surface area contributed by atoms with Crippen molar-refractivity contribution >= 4 is 22.5 Å². The maximum absolute atomic E-state index is 2.29. The van der Waals surface area contributed by atoms with Crippen molar-refractivity contribution in [1.82, 2.24) is 0 Å². The molecule has 2 aromatic rings. The van der Waals surface area contributed by atoms with Gasteiger partial charge in [-0.05, 0) is 40.7 Å². The number of rotatable bonds is 10. The summed E-state index contributed by atoms with van der Waals surface area (Å²) in [5.41, 5.74) is 1.50. The molecule has 0 fully saturated rings. The topological polar surface area (TPSA) is 0 Å². The van der Waals surface area contributed by atoms with Crippen LogP contribution in [0.1, 0.15) is 64.9 Å². The Balaban J connectivity index is 0.00000127. The predicted octanol–water partition coefficient (Wildman–Crippen LogP) is 7.50. The van der Waals surface area contributed by atoms with Gasteiger partial charge in [0.25, 0.3) is 0 Å². The summed E-state index contributed by atoms with van der Waals surface area (Å²) in [6, 6.07) is 15.4. The van der Waals surface area contributed by atoms with Crippen LogP contribution in [0.4, 0.5) is 0 Å². The highest BCUT2D eigenvalue weighted by Gasteiger charge is 2.00. The van der Waals surface area contributed by atoms with Gasteiger partial charge >= 0.3 is 0 Å². The van der Waals surface area contributed by atoms with Crippen molar-refractivity contribution in [2.45, 2.75) is 65.7 Å². The zero-order valence-corrected chi connectivity index (χ0v) is 16.1. The molecule has 0 aliphatic carbocycles. The Labute approximate surface area is 148 Å². The minimum atomic E-state index is 1.20. The summed E-state index contributed by atoms with van der Waals surface area (Å²) in [6.07, 6.45) is 9.62. The van der Waals surface area contributed by atoms with E-state index in [2.05, 4.69) is 61.2 Å². The normalized spacial score (nSPS) is 10.4. The average molecular weight is 331 g/mol. The van der Waals surface area contributed by atoms with Crippen LogP contribution in [0.25, 0.3) is 10.8 Å². The van der Waals surface area contributed by atoms with E-state index in [0.29, 0.717) is 0 Å². The van der Waals surface area contributed by atoms with E-state index < -0.39 is 0 Å². The summed E-state index contributed by atoms with van der Waals surface area (Å²) in [5.74, 6) is 2.58. The van der Waals surface area contributed by atoms with Gasteiger partial charge in [-0.2, -0.15) is 11.8 Å². The Morgan fingerprint density at radius 2 is 1.43 bits per heavy atom. The van der Waals surface area contributed by atoms with Gasteiger partial charge in [0.1, 0.15) is 0 Å². The molecule has 1 heteroatoms. The van der Waals surface area contributed by atoms with Crippen LogP contribution in [0.3, 0.4) is 0 Å². The van der Waals surface area contributed by atoms with E-state index in [1.165, 1.54) is 72.8 Å². The van der Waals surface area contributed by atoms with Crippen molar-refractivity contribution in [2.24, 2.45) is 0 Å². The van der Waals surface area contributed by atoms with Gasteiger partial charge in [-0.25, -0.2) is 0 Å². The molecular formula is C22H34S. The average Bonchev–Trinajstić information content (AvgIpc) is 2.62. The maximum Gasteiger partial charge on any atom is -0.00268 e. The fourth-order valence-corrected chi connectivity index (χ4v) is 3.76. The Hall–Kier alpha value is -0.950. The fraction of sp³-hybridized carbons (Fsp3) is 0.545. The lowest BCUT2D eigenvalue weighted by molar-refractivity contribution is 0.627. The zero-order valence-electron chi connectivity index (χ0n) is 15.3. The van der Waals surface area contributed by atoms with Crippen molar-refractivity contribution in [1.29, 1.82) is 0 Å². The van der Waals surface area contributed by atoms with E-state index in [0.717, 1.165) is 0 Å². The molecule has 0 saturated heterocycles. The summed E-state index contributed by atoms with van der Waals surface area (Å²) in [5, 5.41) is 2.80. The van der Waals surface area contributed by atoms with E-state index in [1.54, 1.807) is 0 Å². The first-order chi connectivity index (χ1) is 11.4. The summed E-state index contributed by atoms with van der Waals surface area (Å²) in [4.78, 5) is 0. The van der Waals surface area contributed by atoms with Crippen molar-refractivity contribution in [3.63, 3.8) is 0 Å². The first kappa shape index (κ1) is 20.1. The van der Waals surface area contributed by atoms with Gasteiger partial charge in [-0.1, -0.05) is 95.3 Å². The Morgan fingerprint density at radius 3 is 2.26 bits per heavy atom. The van der Waals surface area contributed by atoms with Crippen LogP contribution in [0.15, 0.2) is 42.5 Å². The molecule has 0 aliphatic heterocycles. The molecule has 23 heavy (non-hydrogen) atoms. The highest BCUT2D eigenvalue weighted by Crippen LogP contribution is 2.20. The van der Waals surface area contributed by atoms with E-state index in [1.807, 2.05) is 13.8 Å².